The molecular formula is C21H31BF3NO4. The van der Waals surface area contributed by atoms with Gasteiger partial charge in [-0.15, -0.1) is 0 Å². The zero-order valence-corrected chi connectivity index (χ0v) is 17.1. The van der Waals surface area contributed by atoms with Crippen molar-refractivity contribution in [1.29, 1.82) is 0 Å². The van der Waals surface area contributed by atoms with Crippen LogP contribution in [-0.4, -0.2) is 29.4 Å². The summed E-state index contributed by atoms with van der Waals surface area (Å²) in [6.45, 7) is 0. The maximum atomic E-state index is 12.5. The third-order valence-corrected chi connectivity index (χ3v) is 5.74. The van der Waals surface area contributed by atoms with Gasteiger partial charge in [-0.2, -0.15) is 22.8 Å². The third kappa shape index (κ3) is 10.4. The maximum absolute atomic E-state index is 12.5. The lowest BCUT2D eigenvalue weighted by Crippen LogP contribution is -2.39. The summed E-state index contributed by atoms with van der Waals surface area (Å²) >= 11 is 0. The smallest absolute Gasteiger partial charge is 0.427 e. The van der Waals surface area contributed by atoms with E-state index in [1.165, 1.54) is 19.3 Å². The second kappa shape index (κ2) is 13.6. The maximum Gasteiger partial charge on any atom is 0.451 e. The van der Waals surface area contributed by atoms with Gasteiger partial charge in [-0.05, 0) is 68.0 Å². The molecule has 1 unspecified atom stereocenters. The Morgan fingerprint density at radius 1 is 1.07 bits per heavy atom. The number of aryl methyl sites for hydroxylation is 1. The lowest BCUT2D eigenvalue weighted by Gasteiger charge is -2.39. The number of nitrogens with two attached hydrogens (primary N) is 1. The van der Waals surface area contributed by atoms with Crippen molar-refractivity contribution in [2.45, 2.75) is 76.3 Å². The van der Waals surface area contributed by atoms with Crippen LogP contribution >= 0.6 is 0 Å². The molecule has 0 amide bonds. The first kappa shape index (κ1) is 26.4. The van der Waals surface area contributed by atoms with Crippen molar-refractivity contribution in [2.24, 2.45) is 17.6 Å². The summed E-state index contributed by atoms with van der Waals surface area (Å²) in [6.07, 6.45) is 5.51. The van der Waals surface area contributed by atoms with E-state index in [2.05, 4.69) is 0 Å². The Hall–Kier alpha value is -1.67. The lowest BCUT2D eigenvalue weighted by molar-refractivity contribution is -0.191. The van der Waals surface area contributed by atoms with E-state index < -0.39 is 18.9 Å². The van der Waals surface area contributed by atoms with Gasteiger partial charge in [-0.3, -0.25) is 0 Å². The van der Waals surface area contributed by atoms with Gasteiger partial charge in [0.25, 0.3) is 0 Å². The number of carbonyl (C=O) groups excluding carboxylic acids is 2. The van der Waals surface area contributed by atoms with Crippen molar-refractivity contribution in [1.82, 2.24) is 0 Å². The number of unbranched alkanes of at least 4 members (excludes halogenated alkanes) is 2. The molecule has 2 rings (SSSR count). The normalized spacial score (nSPS) is 19.1. The Kier molecular flexibility index (Phi) is 12.0. The molecular weight excluding hydrogens is 398 g/mol. The Bertz CT molecular complexity index is 628. The first-order valence-corrected chi connectivity index (χ1v) is 10.4. The average Bonchev–Trinajstić information content (AvgIpc) is 2.63. The quantitative estimate of drug-likeness (QED) is 0.367. The van der Waals surface area contributed by atoms with E-state index in [1.807, 2.05) is 0 Å². The Labute approximate surface area is 176 Å². The molecule has 1 aliphatic carbocycles. The fourth-order valence-corrected chi connectivity index (χ4v) is 3.94. The van der Waals surface area contributed by atoms with Gasteiger partial charge in [-0.25, -0.2) is 0 Å². The lowest BCUT2D eigenvalue weighted by atomic mass is 9.68. The summed E-state index contributed by atoms with van der Waals surface area (Å²) in [5, 5.41) is 17.6. The minimum atomic E-state index is -4.26. The molecule has 1 fully saturated rings. The monoisotopic (exact) mass is 429 g/mol. The number of hydrogen-bond donors (Lipinski definition) is 3. The minimum absolute atomic E-state index is 0.212. The topological polar surface area (TPSA) is 101 Å². The molecule has 0 spiro atoms. The summed E-state index contributed by atoms with van der Waals surface area (Å²) in [6, 6.07) is 5.70. The van der Waals surface area contributed by atoms with Crippen molar-refractivity contribution < 1.29 is 32.8 Å². The predicted molar refractivity (Wildman–Crippen MR) is 107 cm³/mol. The standard InChI is InChI=1S/C20H31BF3NO2.CO2/c22-20(23,24)18-10-8-15(9-11-18)5-1-2-6-16-13-17(14-16)19(25)7-3-4-12-21(26)27;2-1-3/h8-11,16-17,19,26-27H,1-7,12-14,25H2;. The fraction of sp³-hybridized carbons (Fsp3) is 0.667. The van der Waals surface area contributed by atoms with Gasteiger partial charge in [0.1, 0.15) is 0 Å². The number of rotatable bonds is 11. The van der Waals surface area contributed by atoms with Crippen LogP contribution in [0.15, 0.2) is 24.3 Å². The number of halogens is 3. The Morgan fingerprint density at radius 2 is 1.67 bits per heavy atom. The van der Waals surface area contributed by atoms with E-state index in [-0.39, 0.29) is 12.2 Å². The number of alkyl halides is 3. The molecule has 0 heterocycles. The SMILES string of the molecule is NC(CCCCB(O)O)C1CC(CCCCc2ccc(C(F)(F)F)cc2)C1.O=C=O. The summed E-state index contributed by atoms with van der Waals surface area (Å²) in [5.41, 5.74) is 6.60. The largest absolute Gasteiger partial charge is 0.451 e. The number of benzene rings is 1. The molecule has 0 radical (unpaired) electrons. The van der Waals surface area contributed by atoms with Gasteiger partial charge < -0.3 is 15.8 Å². The van der Waals surface area contributed by atoms with Crippen LogP contribution in [-0.2, 0) is 22.2 Å². The molecule has 1 saturated carbocycles. The first-order valence-electron chi connectivity index (χ1n) is 10.4. The summed E-state index contributed by atoms with van der Waals surface area (Å²) < 4.78 is 37.6. The second-order valence-corrected chi connectivity index (χ2v) is 8.05. The molecule has 1 aromatic rings. The van der Waals surface area contributed by atoms with Gasteiger partial charge in [0, 0.05) is 6.04 Å². The summed E-state index contributed by atoms with van der Waals surface area (Å²) in [5.74, 6) is 1.32. The van der Waals surface area contributed by atoms with Crippen LogP contribution in [0, 0.1) is 11.8 Å². The summed E-state index contributed by atoms with van der Waals surface area (Å²) in [4.78, 5) is 16.2. The highest BCUT2D eigenvalue weighted by molar-refractivity contribution is 6.40. The molecule has 1 atom stereocenters. The molecule has 0 bridgehead atoms. The molecule has 5 nitrogen and oxygen atoms in total. The van der Waals surface area contributed by atoms with Crippen LogP contribution in [0.2, 0.25) is 6.32 Å². The zero-order valence-electron chi connectivity index (χ0n) is 17.1. The molecule has 0 aliphatic heterocycles. The van der Waals surface area contributed by atoms with E-state index in [0.717, 1.165) is 62.1 Å². The van der Waals surface area contributed by atoms with Crippen LogP contribution in [0.5, 0.6) is 0 Å². The van der Waals surface area contributed by atoms with Crippen molar-refractivity contribution in [2.75, 3.05) is 0 Å². The van der Waals surface area contributed by atoms with Crippen molar-refractivity contribution in [3.8, 4) is 0 Å². The van der Waals surface area contributed by atoms with Gasteiger partial charge in [-0.1, -0.05) is 37.8 Å². The van der Waals surface area contributed by atoms with E-state index in [0.29, 0.717) is 12.2 Å². The van der Waals surface area contributed by atoms with Crippen molar-refractivity contribution >= 4 is 13.3 Å². The molecule has 1 aromatic carbocycles. The van der Waals surface area contributed by atoms with E-state index in [4.69, 9.17) is 25.4 Å². The molecule has 9 heteroatoms. The molecule has 30 heavy (non-hydrogen) atoms. The first-order chi connectivity index (χ1) is 14.2. The van der Waals surface area contributed by atoms with Crippen LogP contribution in [0.1, 0.15) is 62.5 Å². The van der Waals surface area contributed by atoms with Crippen LogP contribution in [0.4, 0.5) is 13.2 Å². The molecule has 1 aliphatic rings. The average molecular weight is 429 g/mol. The fourth-order valence-electron chi connectivity index (χ4n) is 3.94. The van der Waals surface area contributed by atoms with Crippen molar-refractivity contribution in [3.05, 3.63) is 35.4 Å². The van der Waals surface area contributed by atoms with E-state index >= 15 is 0 Å². The van der Waals surface area contributed by atoms with Gasteiger partial charge in [0.2, 0.25) is 0 Å². The van der Waals surface area contributed by atoms with E-state index in [9.17, 15) is 13.2 Å². The predicted octanol–water partition coefficient (Wildman–Crippen LogP) is 3.83. The number of hydrogen-bond acceptors (Lipinski definition) is 5. The van der Waals surface area contributed by atoms with Crippen LogP contribution in [0.3, 0.4) is 0 Å². The van der Waals surface area contributed by atoms with Gasteiger partial charge in [0.15, 0.2) is 0 Å². The van der Waals surface area contributed by atoms with Crippen molar-refractivity contribution in [3.63, 3.8) is 0 Å². The molecule has 4 N–H and O–H groups in total. The highest BCUT2D eigenvalue weighted by Crippen LogP contribution is 2.39. The molecule has 168 valence electrons. The third-order valence-electron chi connectivity index (χ3n) is 5.74. The van der Waals surface area contributed by atoms with Crippen LogP contribution in [0.25, 0.3) is 0 Å². The van der Waals surface area contributed by atoms with E-state index in [1.54, 1.807) is 12.1 Å². The highest BCUT2D eigenvalue weighted by atomic mass is 19.4. The Morgan fingerprint density at radius 3 is 2.20 bits per heavy atom. The minimum Gasteiger partial charge on any atom is -0.427 e. The molecule has 0 aromatic heterocycles. The van der Waals surface area contributed by atoms with Crippen LogP contribution < -0.4 is 5.73 Å². The Balaban J connectivity index is 0.00000141. The second-order valence-electron chi connectivity index (χ2n) is 8.05. The summed E-state index contributed by atoms with van der Waals surface area (Å²) in [7, 11) is -1.21. The van der Waals surface area contributed by atoms with Gasteiger partial charge in [0.05, 0.1) is 5.56 Å². The zero-order chi connectivity index (χ0) is 22.6. The van der Waals surface area contributed by atoms with Gasteiger partial charge >= 0.3 is 19.4 Å². The molecule has 0 saturated heterocycles. The highest BCUT2D eigenvalue weighted by Gasteiger charge is 2.32.